The zero-order valence-electron chi connectivity index (χ0n) is 20.4. The Bertz CT molecular complexity index is 1430. The highest BCUT2D eigenvalue weighted by Gasteiger charge is 2.34. The van der Waals surface area contributed by atoms with Crippen LogP contribution in [0.2, 0.25) is 0 Å². The molecule has 0 spiro atoms. The first-order chi connectivity index (χ1) is 17.5. The summed E-state index contributed by atoms with van der Waals surface area (Å²) >= 11 is 0. The van der Waals surface area contributed by atoms with E-state index in [2.05, 4.69) is 20.7 Å². The number of benzene rings is 3. The Morgan fingerprint density at radius 3 is 2.58 bits per heavy atom. The van der Waals surface area contributed by atoms with Crippen LogP contribution in [0.5, 0.6) is 11.5 Å². The molecule has 36 heavy (non-hydrogen) atoms. The topological polar surface area (TPSA) is 90.3 Å². The van der Waals surface area contributed by atoms with E-state index in [4.69, 9.17) is 9.47 Å². The zero-order valence-corrected chi connectivity index (χ0v) is 20.4. The number of rotatable bonds is 7. The summed E-state index contributed by atoms with van der Waals surface area (Å²) in [6.45, 7) is 4.24. The second kappa shape index (κ2) is 9.95. The lowest BCUT2D eigenvalue weighted by atomic mass is 9.94. The number of allylic oxidation sites excluding steroid dienone is 1. The number of hydrogen-bond acceptors (Lipinski definition) is 6. The Labute approximate surface area is 209 Å². The number of aromatic nitrogens is 3. The van der Waals surface area contributed by atoms with Gasteiger partial charge in [-0.2, -0.15) is 10.1 Å². The summed E-state index contributed by atoms with van der Waals surface area (Å²) in [5.74, 6) is 1.53. The fourth-order valence-corrected chi connectivity index (χ4v) is 4.30. The van der Waals surface area contributed by atoms with Crippen LogP contribution in [0.15, 0.2) is 90.4 Å². The third kappa shape index (κ3) is 4.53. The molecule has 0 saturated heterocycles. The number of anilines is 2. The molecule has 2 heterocycles. The summed E-state index contributed by atoms with van der Waals surface area (Å²) in [4.78, 5) is 17.9. The Kier molecular flexibility index (Phi) is 6.40. The molecule has 1 atom stereocenters. The van der Waals surface area contributed by atoms with E-state index < -0.39 is 6.04 Å². The number of nitrogens with one attached hydrogen (secondary N) is 2. The van der Waals surface area contributed by atoms with Crippen molar-refractivity contribution < 1.29 is 14.3 Å². The quantitative estimate of drug-likeness (QED) is 0.382. The van der Waals surface area contributed by atoms with Crippen molar-refractivity contribution in [3.63, 3.8) is 0 Å². The van der Waals surface area contributed by atoms with Gasteiger partial charge in [0.25, 0.3) is 5.91 Å². The van der Waals surface area contributed by atoms with E-state index in [1.807, 2.05) is 86.6 Å². The van der Waals surface area contributed by atoms with Crippen LogP contribution in [0.25, 0.3) is 0 Å². The number of fused-ring (bicyclic) bond motifs is 1. The number of amides is 1. The van der Waals surface area contributed by atoms with Crippen LogP contribution in [-0.4, -0.2) is 27.8 Å². The average Bonchev–Trinajstić information content (AvgIpc) is 3.36. The maximum Gasteiger partial charge on any atom is 0.255 e. The normalized spacial score (nSPS) is 14.6. The molecule has 1 aliphatic rings. The van der Waals surface area contributed by atoms with Crippen molar-refractivity contribution in [2.45, 2.75) is 26.5 Å². The third-order valence-corrected chi connectivity index (χ3v) is 6.17. The van der Waals surface area contributed by atoms with E-state index >= 15 is 0 Å². The number of methoxy groups -OCH3 is 1. The maximum absolute atomic E-state index is 13.6. The lowest BCUT2D eigenvalue weighted by molar-refractivity contribution is -0.113. The van der Waals surface area contributed by atoms with E-state index in [-0.39, 0.29) is 5.91 Å². The van der Waals surface area contributed by atoms with Crippen LogP contribution in [0.4, 0.5) is 11.6 Å². The minimum absolute atomic E-state index is 0.219. The van der Waals surface area contributed by atoms with Gasteiger partial charge in [0, 0.05) is 11.4 Å². The SMILES string of the molecule is COc1cc([C@@H]2C(C(=O)Nc3ccccc3C)=C(C)Nc3ncnn32)ccc1OCc1ccccc1. The molecule has 8 nitrogen and oxygen atoms in total. The van der Waals surface area contributed by atoms with Gasteiger partial charge in [0.15, 0.2) is 11.5 Å². The molecule has 1 aromatic heterocycles. The van der Waals surface area contributed by atoms with Crippen molar-refractivity contribution in [1.29, 1.82) is 0 Å². The van der Waals surface area contributed by atoms with Gasteiger partial charge in [0.2, 0.25) is 5.95 Å². The van der Waals surface area contributed by atoms with Crippen LogP contribution < -0.4 is 20.1 Å². The first kappa shape index (κ1) is 23.2. The van der Waals surface area contributed by atoms with Gasteiger partial charge in [-0.3, -0.25) is 4.79 Å². The maximum atomic E-state index is 13.6. The van der Waals surface area contributed by atoms with E-state index in [0.717, 1.165) is 22.4 Å². The van der Waals surface area contributed by atoms with E-state index in [9.17, 15) is 4.79 Å². The van der Waals surface area contributed by atoms with Gasteiger partial charge in [-0.25, -0.2) is 4.68 Å². The van der Waals surface area contributed by atoms with Crippen LogP contribution in [0.3, 0.4) is 0 Å². The number of para-hydroxylation sites is 1. The predicted molar refractivity (Wildman–Crippen MR) is 138 cm³/mol. The van der Waals surface area contributed by atoms with Crippen molar-refractivity contribution in [3.05, 3.63) is 107 Å². The molecule has 0 fully saturated rings. The van der Waals surface area contributed by atoms with E-state index in [0.29, 0.717) is 35.3 Å². The van der Waals surface area contributed by atoms with Gasteiger partial charge in [0.1, 0.15) is 19.0 Å². The first-order valence-corrected chi connectivity index (χ1v) is 11.6. The molecular formula is C28H27N5O3. The standard InChI is InChI=1S/C28H27N5O3/c1-18-9-7-8-12-22(18)32-27(34)25-19(2)31-28-29-17-30-33(28)26(25)21-13-14-23(24(15-21)35-3)36-16-20-10-5-4-6-11-20/h4-15,17,26H,16H2,1-3H3,(H,32,34)(H,29,30,31)/t26-/m1/s1. The van der Waals surface area contributed by atoms with Crippen molar-refractivity contribution in [3.8, 4) is 11.5 Å². The number of ether oxygens (including phenoxy) is 2. The lowest BCUT2D eigenvalue weighted by Gasteiger charge is -2.29. The summed E-state index contributed by atoms with van der Waals surface area (Å²) in [5.41, 5.74) is 4.86. The van der Waals surface area contributed by atoms with Crippen molar-refractivity contribution in [2.75, 3.05) is 17.7 Å². The van der Waals surface area contributed by atoms with Gasteiger partial charge >= 0.3 is 0 Å². The second-order valence-electron chi connectivity index (χ2n) is 8.55. The molecule has 1 amide bonds. The molecule has 182 valence electrons. The van der Waals surface area contributed by atoms with E-state index in [1.54, 1.807) is 11.8 Å². The van der Waals surface area contributed by atoms with Gasteiger partial charge in [-0.05, 0) is 48.7 Å². The monoisotopic (exact) mass is 481 g/mol. The predicted octanol–water partition coefficient (Wildman–Crippen LogP) is 5.10. The average molecular weight is 482 g/mol. The number of nitrogens with zero attached hydrogens (tertiary/aromatic N) is 3. The minimum atomic E-state index is -0.509. The number of carbonyl (C=O) groups excluding carboxylic acids is 1. The van der Waals surface area contributed by atoms with Crippen LogP contribution >= 0.6 is 0 Å². The molecule has 0 aliphatic carbocycles. The van der Waals surface area contributed by atoms with Gasteiger partial charge < -0.3 is 20.1 Å². The summed E-state index contributed by atoms with van der Waals surface area (Å²) in [6, 6.07) is 22.8. The molecule has 3 aromatic carbocycles. The molecular weight excluding hydrogens is 454 g/mol. The van der Waals surface area contributed by atoms with Gasteiger partial charge in [-0.1, -0.05) is 54.6 Å². The van der Waals surface area contributed by atoms with Gasteiger partial charge in [0.05, 0.1) is 12.7 Å². The van der Waals surface area contributed by atoms with E-state index in [1.165, 1.54) is 6.33 Å². The molecule has 0 saturated carbocycles. The molecule has 0 bridgehead atoms. The molecule has 4 aromatic rings. The van der Waals surface area contributed by atoms with Crippen molar-refractivity contribution >= 4 is 17.5 Å². The molecule has 1 aliphatic heterocycles. The molecule has 8 heteroatoms. The second-order valence-corrected chi connectivity index (χ2v) is 8.55. The van der Waals surface area contributed by atoms with Crippen molar-refractivity contribution in [1.82, 2.24) is 14.8 Å². The summed E-state index contributed by atoms with van der Waals surface area (Å²) in [6.07, 6.45) is 1.47. The summed E-state index contributed by atoms with van der Waals surface area (Å²) in [5, 5.41) is 10.7. The fraction of sp³-hybridized carbons (Fsp3) is 0.179. The number of carbonyl (C=O) groups is 1. The van der Waals surface area contributed by atoms with Crippen LogP contribution in [0, 0.1) is 6.92 Å². The van der Waals surface area contributed by atoms with Crippen LogP contribution in [-0.2, 0) is 11.4 Å². The molecule has 0 radical (unpaired) electrons. The largest absolute Gasteiger partial charge is 0.493 e. The zero-order chi connectivity index (χ0) is 25.1. The smallest absolute Gasteiger partial charge is 0.255 e. The van der Waals surface area contributed by atoms with Crippen molar-refractivity contribution in [2.24, 2.45) is 0 Å². The first-order valence-electron chi connectivity index (χ1n) is 11.6. The Balaban J connectivity index is 1.49. The molecule has 0 unspecified atom stereocenters. The van der Waals surface area contributed by atoms with Crippen LogP contribution in [0.1, 0.15) is 29.7 Å². The Hall–Kier alpha value is -4.59. The van der Waals surface area contributed by atoms with Gasteiger partial charge in [-0.15, -0.1) is 0 Å². The third-order valence-electron chi connectivity index (χ3n) is 6.17. The number of aryl methyl sites for hydroxylation is 1. The Morgan fingerprint density at radius 2 is 1.81 bits per heavy atom. The highest BCUT2D eigenvalue weighted by atomic mass is 16.5. The highest BCUT2D eigenvalue weighted by Crippen LogP contribution is 2.39. The molecule has 5 rings (SSSR count). The number of hydrogen-bond donors (Lipinski definition) is 2. The molecule has 2 N–H and O–H groups in total. The minimum Gasteiger partial charge on any atom is -0.493 e. The fourth-order valence-electron chi connectivity index (χ4n) is 4.30. The summed E-state index contributed by atoms with van der Waals surface area (Å²) in [7, 11) is 1.60. The lowest BCUT2D eigenvalue weighted by Crippen LogP contribution is -2.31. The Morgan fingerprint density at radius 1 is 1.03 bits per heavy atom. The highest BCUT2D eigenvalue weighted by molar-refractivity contribution is 6.06. The summed E-state index contributed by atoms with van der Waals surface area (Å²) < 4.78 is 13.4.